The molecule has 1 unspecified atom stereocenters. The number of hydrogen-bond donors (Lipinski definition) is 2. The van der Waals surface area contributed by atoms with Gasteiger partial charge in [-0.25, -0.2) is 0 Å². The van der Waals surface area contributed by atoms with Crippen molar-refractivity contribution in [2.75, 3.05) is 32.8 Å². The lowest BCUT2D eigenvalue weighted by Gasteiger charge is -2.38. The summed E-state index contributed by atoms with van der Waals surface area (Å²) in [6.07, 6.45) is 9.44. The first kappa shape index (κ1) is 24.1. The minimum atomic E-state index is 0.0304. The van der Waals surface area contributed by atoms with Crippen molar-refractivity contribution < 1.29 is 9.53 Å². The van der Waals surface area contributed by atoms with Gasteiger partial charge in [0.25, 0.3) is 0 Å². The van der Waals surface area contributed by atoms with Crippen molar-refractivity contribution in [3.63, 3.8) is 0 Å². The SMILES string of the molecule is C#CC1=C(CC(C)c2cc(C)n(C)n2)CCCN1C(=N)C1=C(NC2COC2)CCN(C(C)=O)C1. The third-order valence-electron chi connectivity index (χ3n) is 7.15. The van der Waals surface area contributed by atoms with Gasteiger partial charge in [0.15, 0.2) is 0 Å². The molecule has 1 fully saturated rings. The van der Waals surface area contributed by atoms with E-state index in [-0.39, 0.29) is 17.9 Å². The maximum atomic E-state index is 12.1. The third-order valence-corrected chi connectivity index (χ3v) is 7.15. The number of amidine groups is 1. The predicted molar refractivity (Wildman–Crippen MR) is 132 cm³/mol. The highest BCUT2D eigenvalue weighted by Crippen LogP contribution is 2.33. The van der Waals surface area contributed by atoms with Crippen LogP contribution in [-0.4, -0.2) is 70.2 Å². The van der Waals surface area contributed by atoms with Crippen molar-refractivity contribution in [3.05, 3.63) is 40.0 Å². The molecule has 182 valence electrons. The zero-order valence-electron chi connectivity index (χ0n) is 20.8. The number of rotatable bonds is 6. The van der Waals surface area contributed by atoms with Crippen LogP contribution in [0, 0.1) is 24.7 Å². The monoisotopic (exact) mass is 464 g/mol. The molecule has 2 N–H and O–H groups in total. The molecule has 3 aliphatic rings. The van der Waals surface area contributed by atoms with E-state index in [1.165, 1.54) is 5.57 Å². The molecular formula is C26H36N6O2. The van der Waals surface area contributed by atoms with Gasteiger partial charge in [-0.15, -0.1) is 6.42 Å². The van der Waals surface area contributed by atoms with Crippen molar-refractivity contribution in [1.29, 1.82) is 5.41 Å². The van der Waals surface area contributed by atoms with E-state index >= 15 is 0 Å². The lowest BCUT2D eigenvalue weighted by atomic mass is 9.90. The predicted octanol–water partition coefficient (Wildman–Crippen LogP) is 2.68. The highest BCUT2D eigenvalue weighted by Gasteiger charge is 2.31. The Bertz CT molecular complexity index is 1050. The summed E-state index contributed by atoms with van der Waals surface area (Å²) in [5, 5.41) is 17.4. The Morgan fingerprint density at radius 3 is 2.74 bits per heavy atom. The Hall–Kier alpha value is -3.05. The van der Waals surface area contributed by atoms with Gasteiger partial charge in [-0.1, -0.05) is 12.8 Å². The van der Waals surface area contributed by atoms with Crippen molar-refractivity contribution in [2.24, 2.45) is 7.05 Å². The first-order chi connectivity index (χ1) is 16.3. The zero-order valence-corrected chi connectivity index (χ0v) is 20.8. The van der Waals surface area contributed by atoms with E-state index in [0.717, 1.165) is 47.6 Å². The van der Waals surface area contributed by atoms with Crippen LogP contribution < -0.4 is 5.32 Å². The molecule has 34 heavy (non-hydrogen) atoms. The number of aryl methyl sites for hydroxylation is 2. The molecule has 0 spiro atoms. The second-order valence-corrected chi connectivity index (χ2v) is 9.67. The zero-order chi connectivity index (χ0) is 24.4. The van der Waals surface area contributed by atoms with Crippen LogP contribution in [0.3, 0.4) is 0 Å². The van der Waals surface area contributed by atoms with Crippen LogP contribution in [0.2, 0.25) is 0 Å². The summed E-state index contributed by atoms with van der Waals surface area (Å²) in [6, 6.07) is 2.40. The number of carbonyl (C=O) groups excluding carboxylic acids is 1. The number of nitrogens with one attached hydrogen (secondary N) is 2. The minimum Gasteiger partial charge on any atom is -0.381 e. The number of carbonyl (C=O) groups is 1. The molecule has 0 radical (unpaired) electrons. The molecule has 4 heterocycles. The van der Waals surface area contributed by atoms with E-state index in [0.29, 0.717) is 45.1 Å². The molecule has 1 aromatic rings. The molecule has 0 aliphatic carbocycles. The fraction of sp³-hybridized carbons (Fsp3) is 0.577. The van der Waals surface area contributed by atoms with Gasteiger partial charge in [0.2, 0.25) is 5.91 Å². The van der Waals surface area contributed by atoms with Crippen molar-refractivity contribution in [2.45, 2.75) is 58.4 Å². The maximum absolute atomic E-state index is 12.1. The van der Waals surface area contributed by atoms with Gasteiger partial charge in [0.05, 0.1) is 37.2 Å². The van der Waals surface area contributed by atoms with Gasteiger partial charge in [-0.3, -0.25) is 14.9 Å². The normalized spacial score (nSPS) is 20.2. The lowest BCUT2D eigenvalue weighted by molar-refractivity contribution is -0.128. The second-order valence-electron chi connectivity index (χ2n) is 9.67. The smallest absolute Gasteiger partial charge is 0.219 e. The van der Waals surface area contributed by atoms with Crippen LogP contribution in [0.5, 0.6) is 0 Å². The second kappa shape index (κ2) is 10.1. The summed E-state index contributed by atoms with van der Waals surface area (Å²) >= 11 is 0. The first-order valence-electron chi connectivity index (χ1n) is 12.2. The molecular weight excluding hydrogens is 428 g/mol. The fourth-order valence-electron chi connectivity index (χ4n) is 4.91. The van der Waals surface area contributed by atoms with Gasteiger partial charge in [-0.2, -0.15) is 5.10 Å². The van der Waals surface area contributed by atoms with Crippen molar-refractivity contribution in [1.82, 2.24) is 24.9 Å². The van der Waals surface area contributed by atoms with Crippen molar-refractivity contribution >= 4 is 11.7 Å². The Balaban J connectivity index is 1.60. The average molecular weight is 465 g/mol. The van der Waals surface area contributed by atoms with Crippen LogP contribution in [0.4, 0.5) is 0 Å². The molecule has 8 nitrogen and oxygen atoms in total. The largest absolute Gasteiger partial charge is 0.381 e. The lowest BCUT2D eigenvalue weighted by Crippen LogP contribution is -2.50. The Morgan fingerprint density at radius 1 is 1.38 bits per heavy atom. The fourth-order valence-corrected chi connectivity index (χ4v) is 4.91. The van der Waals surface area contributed by atoms with Crippen LogP contribution in [0.25, 0.3) is 0 Å². The molecule has 1 amide bonds. The van der Waals surface area contributed by atoms with E-state index in [1.807, 2.05) is 21.5 Å². The van der Waals surface area contributed by atoms with Gasteiger partial charge >= 0.3 is 0 Å². The van der Waals surface area contributed by atoms with Crippen LogP contribution in [0.15, 0.2) is 28.6 Å². The Morgan fingerprint density at radius 2 is 2.15 bits per heavy atom. The molecule has 1 saturated heterocycles. The maximum Gasteiger partial charge on any atom is 0.219 e. The summed E-state index contributed by atoms with van der Waals surface area (Å²) in [5.41, 5.74) is 6.10. The summed E-state index contributed by atoms with van der Waals surface area (Å²) in [5.74, 6) is 3.58. The molecule has 1 aromatic heterocycles. The number of allylic oxidation sites excluding steroid dienone is 2. The quantitative estimate of drug-likeness (QED) is 0.384. The van der Waals surface area contributed by atoms with E-state index in [1.54, 1.807) is 6.92 Å². The van der Waals surface area contributed by atoms with Crippen molar-refractivity contribution in [3.8, 4) is 12.3 Å². The number of aromatic nitrogens is 2. The van der Waals surface area contributed by atoms with E-state index < -0.39 is 0 Å². The molecule has 0 bridgehead atoms. The van der Waals surface area contributed by atoms with Crippen LogP contribution >= 0.6 is 0 Å². The van der Waals surface area contributed by atoms with E-state index in [9.17, 15) is 10.2 Å². The van der Waals surface area contributed by atoms with Gasteiger partial charge in [0, 0.05) is 56.4 Å². The van der Waals surface area contributed by atoms with Gasteiger partial charge in [-0.05, 0) is 37.8 Å². The molecule has 0 saturated carbocycles. The molecule has 4 rings (SSSR count). The molecule has 8 heteroatoms. The van der Waals surface area contributed by atoms with Crippen LogP contribution in [-0.2, 0) is 16.6 Å². The number of terminal acetylenes is 1. The highest BCUT2D eigenvalue weighted by atomic mass is 16.5. The number of ether oxygens (including phenoxy) is 1. The average Bonchev–Trinajstić information content (AvgIpc) is 3.13. The number of hydrogen-bond acceptors (Lipinski definition) is 5. The summed E-state index contributed by atoms with van der Waals surface area (Å²) < 4.78 is 7.23. The third kappa shape index (κ3) is 4.90. The van der Waals surface area contributed by atoms with Gasteiger partial charge < -0.3 is 19.9 Å². The van der Waals surface area contributed by atoms with E-state index in [4.69, 9.17) is 11.2 Å². The highest BCUT2D eigenvalue weighted by molar-refractivity contribution is 5.99. The summed E-state index contributed by atoms with van der Waals surface area (Å²) in [7, 11) is 1.96. The molecule has 1 atom stereocenters. The number of nitrogens with zero attached hydrogens (tertiary/aromatic N) is 4. The summed E-state index contributed by atoms with van der Waals surface area (Å²) in [6.45, 7) is 8.98. The standard InChI is InChI=1S/C26H36N6O2/c1-6-25-20(12-17(2)24-13-18(3)30(5)29-24)8-7-10-32(25)26(27)22-14-31(19(4)33)11-9-23(22)28-21-15-34-16-21/h1,13,17,21,27-28H,7-12,14-16H2,2-5H3. The first-order valence-corrected chi connectivity index (χ1v) is 12.2. The topological polar surface area (TPSA) is 86.5 Å². The van der Waals surface area contributed by atoms with E-state index in [2.05, 4.69) is 36.2 Å². The van der Waals surface area contributed by atoms with Gasteiger partial charge in [0.1, 0.15) is 5.84 Å². The Labute approximate surface area is 202 Å². The summed E-state index contributed by atoms with van der Waals surface area (Å²) in [4.78, 5) is 15.9. The minimum absolute atomic E-state index is 0.0304. The Kier molecular flexibility index (Phi) is 7.13. The molecule has 0 aromatic carbocycles. The van der Waals surface area contributed by atoms with Crippen LogP contribution in [0.1, 0.15) is 56.8 Å². The number of amides is 1. The molecule has 3 aliphatic heterocycles.